The molecule has 2 fully saturated rings. The summed E-state index contributed by atoms with van der Waals surface area (Å²) >= 11 is 0. The first-order valence-corrected chi connectivity index (χ1v) is 7.24. The zero-order chi connectivity index (χ0) is 13.2. The molecule has 0 aliphatic carbocycles. The first-order valence-electron chi connectivity index (χ1n) is 7.24. The van der Waals surface area contributed by atoms with Gasteiger partial charge in [-0.15, -0.1) is 0 Å². The van der Waals surface area contributed by atoms with Crippen molar-refractivity contribution in [1.29, 1.82) is 0 Å². The Balaban J connectivity index is 1.77. The van der Waals surface area contributed by atoms with Gasteiger partial charge in [-0.05, 0) is 33.4 Å². The van der Waals surface area contributed by atoms with Gasteiger partial charge in [-0.25, -0.2) is 9.97 Å². The third kappa shape index (κ3) is 2.72. The molecule has 0 spiro atoms. The molecule has 1 N–H and O–H groups in total. The van der Waals surface area contributed by atoms with Gasteiger partial charge in [0, 0.05) is 38.3 Å². The second-order valence-corrected chi connectivity index (χ2v) is 5.57. The molecule has 0 aromatic carbocycles. The third-order valence-corrected chi connectivity index (χ3v) is 4.15. The van der Waals surface area contributed by atoms with Crippen LogP contribution in [0.2, 0.25) is 0 Å². The monoisotopic (exact) mass is 261 g/mol. The lowest BCUT2D eigenvalue weighted by Gasteiger charge is -2.38. The quantitative estimate of drug-likeness (QED) is 0.871. The number of nitrogens with zero attached hydrogens (tertiary/aromatic N) is 4. The zero-order valence-electron chi connectivity index (χ0n) is 11.9. The van der Waals surface area contributed by atoms with E-state index in [1.165, 1.54) is 25.9 Å². The summed E-state index contributed by atoms with van der Waals surface area (Å²) in [5, 5.41) is 3.16. The molecule has 0 bridgehead atoms. The maximum atomic E-state index is 4.62. The van der Waals surface area contributed by atoms with Crippen LogP contribution in [-0.2, 0) is 6.54 Å². The van der Waals surface area contributed by atoms with Crippen molar-refractivity contribution < 1.29 is 0 Å². The van der Waals surface area contributed by atoms with E-state index in [-0.39, 0.29) is 0 Å². The molecule has 3 rings (SSSR count). The molecule has 2 saturated heterocycles. The van der Waals surface area contributed by atoms with Crippen LogP contribution in [0.3, 0.4) is 0 Å². The SMILES string of the molecule is CNCc1cc(N2CCN3CCC[C@H]3C2)nc(C)n1. The van der Waals surface area contributed by atoms with Crippen LogP contribution in [0.5, 0.6) is 0 Å². The fourth-order valence-corrected chi connectivity index (χ4v) is 3.25. The molecule has 2 aliphatic heterocycles. The largest absolute Gasteiger partial charge is 0.354 e. The first kappa shape index (κ1) is 12.8. The van der Waals surface area contributed by atoms with E-state index in [1.807, 2.05) is 14.0 Å². The lowest BCUT2D eigenvalue weighted by atomic mass is 10.1. The number of aromatic nitrogens is 2. The third-order valence-electron chi connectivity index (χ3n) is 4.15. The van der Waals surface area contributed by atoms with E-state index in [1.54, 1.807) is 0 Å². The van der Waals surface area contributed by atoms with Gasteiger partial charge in [0.25, 0.3) is 0 Å². The molecule has 1 aromatic rings. The van der Waals surface area contributed by atoms with Crippen molar-refractivity contribution in [2.24, 2.45) is 0 Å². The fraction of sp³-hybridized carbons (Fsp3) is 0.714. The molecule has 104 valence electrons. The maximum Gasteiger partial charge on any atom is 0.132 e. The number of piperazine rings is 1. The number of hydrogen-bond acceptors (Lipinski definition) is 5. The molecular weight excluding hydrogens is 238 g/mol. The summed E-state index contributed by atoms with van der Waals surface area (Å²) in [6, 6.07) is 2.87. The van der Waals surface area contributed by atoms with E-state index in [0.717, 1.165) is 43.0 Å². The summed E-state index contributed by atoms with van der Waals surface area (Å²) in [7, 11) is 1.95. The van der Waals surface area contributed by atoms with Gasteiger partial charge >= 0.3 is 0 Å². The molecule has 0 amide bonds. The van der Waals surface area contributed by atoms with Crippen molar-refractivity contribution in [2.45, 2.75) is 32.4 Å². The number of hydrogen-bond donors (Lipinski definition) is 1. The highest BCUT2D eigenvalue weighted by Crippen LogP contribution is 2.24. The summed E-state index contributed by atoms with van der Waals surface area (Å²) in [5.74, 6) is 1.97. The zero-order valence-corrected chi connectivity index (χ0v) is 11.9. The van der Waals surface area contributed by atoms with E-state index < -0.39 is 0 Å². The summed E-state index contributed by atoms with van der Waals surface area (Å²) in [5.41, 5.74) is 1.08. The maximum absolute atomic E-state index is 4.62. The van der Waals surface area contributed by atoms with Crippen LogP contribution < -0.4 is 10.2 Å². The van der Waals surface area contributed by atoms with Gasteiger partial charge in [0.1, 0.15) is 11.6 Å². The number of nitrogens with one attached hydrogen (secondary N) is 1. The normalized spacial score (nSPS) is 23.7. The number of rotatable bonds is 3. The van der Waals surface area contributed by atoms with Crippen LogP contribution in [0.25, 0.3) is 0 Å². The minimum absolute atomic E-state index is 0.733. The molecule has 0 radical (unpaired) electrons. The lowest BCUT2D eigenvalue weighted by Crippen LogP contribution is -2.50. The minimum Gasteiger partial charge on any atom is -0.354 e. The van der Waals surface area contributed by atoms with Crippen LogP contribution in [0.4, 0.5) is 5.82 Å². The van der Waals surface area contributed by atoms with E-state index in [0.29, 0.717) is 0 Å². The first-order chi connectivity index (χ1) is 9.26. The van der Waals surface area contributed by atoms with Crippen LogP contribution >= 0.6 is 0 Å². The standard InChI is InChI=1S/C14H23N5/c1-11-16-12(9-15-2)8-14(17-11)19-7-6-18-5-3-4-13(18)10-19/h8,13,15H,3-7,9-10H2,1-2H3/t13-/m0/s1. The van der Waals surface area contributed by atoms with Gasteiger partial charge in [0.2, 0.25) is 0 Å². The Morgan fingerprint density at radius 1 is 1.32 bits per heavy atom. The highest BCUT2D eigenvalue weighted by Gasteiger charge is 2.31. The topological polar surface area (TPSA) is 44.3 Å². The molecule has 5 nitrogen and oxygen atoms in total. The Hall–Kier alpha value is -1.20. The molecule has 2 aliphatic rings. The van der Waals surface area contributed by atoms with Crippen LogP contribution in [-0.4, -0.2) is 54.1 Å². The van der Waals surface area contributed by atoms with Gasteiger partial charge < -0.3 is 10.2 Å². The fourth-order valence-electron chi connectivity index (χ4n) is 3.25. The highest BCUT2D eigenvalue weighted by molar-refractivity contribution is 5.41. The van der Waals surface area contributed by atoms with Gasteiger partial charge in [-0.1, -0.05) is 0 Å². The number of anilines is 1. The van der Waals surface area contributed by atoms with Gasteiger partial charge in [0.05, 0.1) is 5.69 Å². The Morgan fingerprint density at radius 3 is 3.05 bits per heavy atom. The molecule has 19 heavy (non-hydrogen) atoms. The van der Waals surface area contributed by atoms with Crippen molar-refractivity contribution in [1.82, 2.24) is 20.2 Å². The Bertz CT molecular complexity index is 447. The van der Waals surface area contributed by atoms with Crippen LogP contribution in [0, 0.1) is 6.92 Å². The summed E-state index contributed by atoms with van der Waals surface area (Å²) in [6.07, 6.45) is 2.69. The van der Waals surface area contributed by atoms with Crippen molar-refractivity contribution in [3.8, 4) is 0 Å². The van der Waals surface area contributed by atoms with E-state index in [9.17, 15) is 0 Å². The van der Waals surface area contributed by atoms with E-state index in [4.69, 9.17) is 0 Å². The molecule has 1 atom stereocenters. The van der Waals surface area contributed by atoms with E-state index in [2.05, 4.69) is 31.2 Å². The summed E-state index contributed by atoms with van der Waals surface area (Å²) in [6.45, 7) is 7.46. The Morgan fingerprint density at radius 2 is 2.21 bits per heavy atom. The summed E-state index contributed by atoms with van der Waals surface area (Å²) in [4.78, 5) is 14.2. The second-order valence-electron chi connectivity index (χ2n) is 5.57. The predicted molar refractivity (Wildman–Crippen MR) is 76.3 cm³/mol. The molecule has 1 aromatic heterocycles. The van der Waals surface area contributed by atoms with Gasteiger partial charge in [0.15, 0.2) is 0 Å². The molecule has 5 heteroatoms. The van der Waals surface area contributed by atoms with Crippen LogP contribution in [0.1, 0.15) is 24.4 Å². The Labute approximate surface area is 115 Å². The average Bonchev–Trinajstić information content (AvgIpc) is 2.85. The van der Waals surface area contributed by atoms with Crippen LogP contribution in [0.15, 0.2) is 6.07 Å². The van der Waals surface area contributed by atoms with E-state index >= 15 is 0 Å². The second kappa shape index (κ2) is 5.43. The highest BCUT2D eigenvalue weighted by atomic mass is 15.3. The molecule has 3 heterocycles. The van der Waals surface area contributed by atoms with Crippen molar-refractivity contribution in [3.05, 3.63) is 17.6 Å². The smallest absolute Gasteiger partial charge is 0.132 e. The van der Waals surface area contributed by atoms with Crippen molar-refractivity contribution in [3.63, 3.8) is 0 Å². The van der Waals surface area contributed by atoms with Crippen molar-refractivity contribution >= 4 is 5.82 Å². The molecule has 0 unspecified atom stereocenters. The number of aryl methyl sites for hydroxylation is 1. The van der Waals surface area contributed by atoms with Crippen molar-refractivity contribution in [2.75, 3.05) is 38.1 Å². The van der Waals surface area contributed by atoms with Gasteiger partial charge in [-0.3, -0.25) is 4.90 Å². The minimum atomic E-state index is 0.733. The summed E-state index contributed by atoms with van der Waals surface area (Å²) < 4.78 is 0. The predicted octanol–water partition coefficient (Wildman–Crippen LogP) is 0.789. The molecule has 0 saturated carbocycles. The Kier molecular flexibility index (Phi) is 3.66. The molecular formula is C14H23N5. The van der Waals surface area contributed by atoms with Gasteiger partial charge in [-0.2, -0.15) is 0 Å². The lowest BCUT2D eigenvalue weighted by molar-refractivity contribution is 0.230. The number of fused-ring (bicyclic) bond motifs is 1. The average molecular weight is 261 g/mol.